The fourth-order valence-electron chi connectivity index (χ4n) is 2.68. The molecule has 0 aliphatic heterocycles. The molecule has 0 atom stereocenters. The van der Waals surface area contributed by atoms with E-state index in [2.05, 4.69) is 28.9 Å². The van der Waals surface area contributed by atoms with Gasteiger partial charge in [-0.1, -0.05) is 12.1 Å². The minimum atomic E-state index is 0.997. The Morgan fingerprint density at radius 3 is 2.89 bits per heavy atom. The molecule has 1 aliphatic rings. The number of aryl methyl sites for hydroxylation is 2. The van der Waals surface area contributed by atoms with Gasteiger partial charge in [0.15, 0.2) is 0 Å². The van der Waals surface area contributed by atoms with Crippen molar-refractivity contribution in [2.24, 2.45) is 0 Å². The van der Waals surface area contributed by atoms with E-state index in [4.69, 9.17) is 4.98 Å². The van der Waals surface area contributed by atoms with Crippen LogP contribution in [0.5, 0.6) is 0 Å². The Morgan fingerprint density at radius 2 is 2.05 bits per heavy atom. The zero-order valence-corrected chi connectivity index (χ0v) is 12.2. The summed E-state index contributed by atoms with van der Waals surface area (Å²) in [6, 6.07) is 6.89. The molecule has 0 amide bonds. The molecule has 3 heteroatoms. The number of likely N-dealkylation sites (N-methyl/N-ethyl adjacent to an activating group) is 1. The van der Waals surface area contributed by atoms with Crippen LogP contribution in [0.25, 0.3) is 11.3 Å². The van der Waals surface area contributed by atoms with Gasteiger partial charge in [-0.15, -0.1) is 11.3 Å². The smallest absolute Gasteiger partial charge is 0.0945 e. The first-order chi connectivity index (χ1) is 9.36. The second kappa shape index (κ2) is 5.85. The fraction of sp³-hybridized carbons (Fsp3) is 0.438. The lowest BCUT2D eigenvalue weighted by atomic mass is 9.90. The first-order valence-corrected chi connectivity index (χ1v) is 7.96. The van der Waals surface area contributed by atoms with Gasteiger partial charge in [0.1, 0.15) is 0 Å². The van der Waals surface area contributed by atoms with Crippen LogP contribution in [0.3, 0.4) is 0 Å². The van der Waals surface area contributed by atoms with Gasteiger partial charge >= 0.3 is 0 Å². The van der Waals surface area contributed by atoms with Crippen LogP contribution in [0.4, 0.5) is 0 Å². The molecule has 0 unspecified atom stereocenters. The van der Waals surface area contributed by atoms with Crippen molar-refractivity contribution in [3.63, 3.8) is 0 Å². The van der Waals surface area contributed by atoms with Crippen molar-refractivity contribution in [1.82, 2.24) is 10.3 Å². The van der Waals surface area contributed by atoms with Crippen molar-refractivity contribution >= 4 is 11.3 Å². The predicted octanol–water partition coefficient (Wildman–Crippen LogP) is 3.45. The average Bonchev–Trinajstić information content (AvgIpc) is 2.93. The van der Waals surface area contributed by atoms with Crippen molar-refractivity contribution in [1.29, 1.82) is 0 Å². The van der Waals surface area contributed by atoms with E-state index in [9.17, 15) is 0 Å². The van der Waals surface area contributed by atoms with Crippen LogP contribution in [0.1, 0.15) is 29.0 Å². The van der Waals surface area contributed by atoms with Gasteiger partial charge in [-0.25, -0.2) is 4.98 Å². The second-order valence-electron chi connectivity index (χ2n) is 5.17. The van der Waals surface area contributed by atoms with Crippen molar-refractivity contribution in [3.05, 3.63) is 39.7 Å². The normalized spacial score (nSPS) is 14.4. The zero-order valence-electron chi connectivity index (χ0n) is 11.4. The van der Waals surface area contributed by atoms with Crippen LogP contribution in [-0.4, -0.2) is 18.6 Å². The summed E-state index contributed by atoms with van der Waals surface area (Å²) in [4.78, 5) is 4.75. The Bertz CT molecular complexity index is 560. The van der Waals surface area contributed by atoms with Gasteiger partial charge in [0.2, 0.25) is 0 Å². The predicted molar refractivity (Wildman–Crippen MR) is 81.8 cm³/mol. The molecular weight excluding hydrogens is 252 g/mol. The number of rotatable bonds is 4. The average molecular weight is 272 g/mol. The molecule has 100 valence electrons. The van der Waals surface area contributed by atoms with Crippen LogP contribution in [-0.2, 0) is 19.3 Å². The highest BCUT2D eigenvalue weighted by Gasteiger charge is 2.11. The minimum Gasteiger partial charge on any atom is -0.319 e. The molecule has 1 heterocycles. The van der Waals surface area contributed by atoms with Crippen molar-refractivity contribution in [3.8, 4) is 11.3 Å². The lowest BCUT2D eigenvalue weighted by molar-refractivity contribution is 0.686. The largest absolute Gasteiger partial charge is 0.319 e. The number of nitrogens with one attached hydrogen (secondary N) is 1. The maximum absolute atomic E-state index is 4.75. The lowest BCUT2D eigenvalue weighted by Gasteiger charge is -2.16. The molecule has 1 N–H and O–H groups in total. The topological polar surface area (TPSA) is 24.9 Å². The van der Waals surface area contributed by atoms with E-state index in [0.29, 0.717) is 0 Å². The summed E-state index contributed by atoms with van der Waals surface area (Å²) in [5.41, 5.74) is 5.51. The van der Waals surface area contributed by atoms with Gasteiger partial charge in [0, 0.05) is 23.9 Å². The van der Waals surface area contributed by atoms with Crippen molar-refractivity contribution < 1.29 is 0 Å². The molecule has 0 spiro atoms. The van der Waals surface area contributed by atoms with Crippen LogP contribution in [0.15, 0.2) is 23.6 Å². The SMILES string of the molecule is CNCCc1nc(-c2ccc3c(c2)CCCC3)cs1. The van der Waals surface area contributed by atoms with Crippen molar-refractivity contribution in [2.75, 3.05) is 13.6 Å². The van der Waals surface area contributed by atoms with E-state index in [-0.39, 0.29) is 0 Å². The first-order valence-electron chi connectivity index (χ1n) is 7.08. The van der Waals surface area contributed by atoms with Crippen molar-refractivity contribution in [2.45, 2.75) is 32.1 Å². The molecule has 0 saturated carbocycles. The molecule has 0 fully saturated rings. The molecule has 0 saturated heterocycles. The van der Waals surface area contributed by atoms with Gasteiger partial charge in [-0.2, -0.15) is 0 Å². The Kier molecular flexibility index (Phi) is 3.95. The summed E-state index contributed by atoms with van der Waals surface area (Å²) >= 11 is 1.77. The Labute approximate surface area is 118 Å². The van der Waals surface area contributed by atoms with E-state index < -0.39 is 0 Å². The minimum absolute atomic E-state index is 0.997. The third-order valence-corrected chi connectivity index (χ3v) is 4.69. The number of aromatic nitrogens is 1. The number of hydrogen-bond acceptors (Lipinski definition) is 3. The standard InChI is InChI=1S/C16H20N2S/c1-17-9-8-16-18-15(11-19-16)14-7-6-12-4-2-3-5-13(12)10-14/h6-7,10-11,17H,2-5,8-9H2,1H3. The van der Waals surface area contributed by atoms with E-state index in [1.54, 1.807) is 16.9 Å². The zero-order chi connectivity index (χ0) is 13.1. The number of hydrogen-bond donors (Lipinski definition) is 1. The molecule has 1 aromatic heterocycles. The van der Waals surface area contributed by atoms with E-state index in [1.165, 1.54) is 41.8 Å². The summed E-state index contributed by atoms with van der Waals surface area (Å²) in [5.74, 6) is 0. The van der Waals surface area contributed by atoms with E-state index in [0.717, 1.165) is 18.7 Å². The highest BCUT2D eigenvalue weighted by atomic mass is 32.1. The second-order valence-corrected chi connectivity index (χ2v) is 6.11. The number of fused-ring (bicyclic) bond motifs is 1. The molecule has 3 rings (SSSR count). The summed E-state index contributed by atoms with van der Waals surface area (Å²) in [7, 11) is 1.98. The molecule has 2 aromatic rings. The monoisotopic (exact) mass is 272 g/mol. The van der Waals surface area contributed by atoms with E-state index in [1.807, 2.05) is 7.05 Å². The number of nitrogens with zero attached hydrogens (tertiary/aromatic N) is 1. The molecule has 0 radical (unpaired) electrons. The summed E-state index contributed by atoms with van der Waals surface area (Å²) in [6.45, 7) is 0.997. The van der Waals surface area contributed by atoms with Crippen LogP contribution >= 0.6 is 11.3 Å². The van der Waals surface area contributed by atoms with Gasteiger partial charge in [0.05, 0.1) is 10.7 Å². The highest BCUT2D eigenvalue weighted by Crippen LogP contribution is 2.28. The Hall–Kier alpha value is -1.19. The van der Waals surface area contributed by atoms with Crippen LogP contribution < -0.4 is 5.32 Å². The summed E-state index contributed by atoms with van der Waals surface area (Å²) in [6.07, 6.45) is 6.18. The van der Waals surface area contributed by atoms with Crippen LogP contribution in [0.2, 0.25) is 0 Å². The Balaban J connectivity index is 1.83. The highest BCUT2D eigenvalue weighted by molar-refractivity contribution is 7.09. The molecule has 2 nitrogen and oxygen atoms in total. The molecule has 19 heavy (non-hydrogen) atoms. The summed E-state index contributed by atoms with van der Waals surface area (Å²) in [5, 5.41) is 6.59. The fourth-order valence-corrected chi connectivity index (χ4v) is 3.49. The lowest BCUT2D eigenvalue weighted by Crippen LogP contribution is -2.09. The number of benzene rings is 1. The third kappa shape index (κ3) is 2.88. The first kappa shape index (κ1) is 12.8. The summed E-state index contributed by atoms with van der Waals surface area (Å²) < 4.78 is 0. The van der Waals surface area contributed by atoms with Gasteiger partial charge in [-0.3, -0.25) is 0 Å². The van der Waals surface area contributed by atoms with Gasteiger partial charge < -0.3 is 5.32 Å². The maximum Gasteiger partial charge on any atom is 0.0945 e. The molecular formula is C16H20N2S. The number of thiazole rings is 1. The quantitative estimate of drug-likeness (QED) is 0.922. The molecule has 1 aliphatic carbocycles. The van der Waals surface area contributed by atoms with Gasteiger partial charge in [0.25, 0.3) is 0 Å². The van der Waals surface area contributed by atoms with Gasteiger partial charge in [-0.05, 0) is 49.9 Å². The molecule has 1 aromatic carbocycles. The van der Waals surface area contributed by atoms with Crippen LogP contribution in [0, 0.1) is 0 Å². The van der Waals surface area contributed by atoms with E-state index >= 15 is 0 Å². The third-order valence-electron chi connectivity index (χ3n) is 3.78. The molecule has 0 bridgehead atoms. The maximum atomic E-state index is 4.75. The Morgan fingerprint density at radius 1 is 1.21 bits per heavy atom.